The molecule has 0 radical (unpaired) electrons. The van der Waals surface area contributed by atoms with Crippen molar-refractivity contribution < 1.29 is 14.2 Å². The quantitative estimate of drug-likeness (QED) is 0.665. The van der Waals surface area contributed by atoms with Gasteiger partial charge in [-0.15, -0.1) is 0 Å². The van der Waals surface area contributed by atoms with Gasteiger partial charge >= 0.3 is 0 Å². The van der Waals surface area contributed by atoms with Gasteiger partial charge in [0, 0.05) is 0 Å². The molecule has 0 amide bonds. The van der Waals surface area contributed by atoms with Crippen molar-refractivity contribution in [1.82, 2.24) is 0 Å². The van der Waals surface area contributed by atoms with Gasteiger partial charge in [0.15, 0.2) is 11.6 Å². The Morgan fingerprint density at radius 2 is 0.895 bits per heavy atom. The van der Waals surface area contributed by atoms with Crippen LogP contribution >= 0.6 is 0 Å². The number of rotatable bonds is 0. The van der Waals surface area contributed by atoms with Crippen LogP contribution in [0.15, 0.2) is 0 Å². The minimum atomic E-state index is -0.514. The fourth-order valence-electron chi connectivity index (χ4n) is 5.07. The van der Waals surface area contributed by atoms with E-state index in [2.05, 4.69) is 13.8 Å². The number of ether oxygens (including phenoxy) is 3. The third-order valence-electron chi connectivity index (χ3n) is 6.15. The van der Waals surface area contributed by atoms with Gasteiger partial charge in [-0.1, -0.05) is 38.5 Å². The van der Waals surface area contributed by atoms with Crippen LogP contribution in [0.1, 0.15) is 78.1 Å². The molecule has 2 saturated carbocycles. The Hall–Kier alpha value is -0.120. The molecular formula is C16H26O3. The third kappa shape index (κ3) is 1.44. The molecule has 2 bridgehead atoms. The zero-order valence-electron chi connectivity index (χ0n) is 12.3. The first-order valence-corrected chi connectivity index (χ1v) is 8.14. The second-order valence-corrected chi connectivity index (χ2v) is 7.31. The molecular weight excluding hydrogens is 240 g/mol. The second kappa shape index (κ2) is 3.75. The van der Waals surface area contributed by atoms with E-state index in [0.717, 1.165) is 25.7 Å². The van der Waals surface area contributed by atoms with Gasteiger partial charge in [0.2, 0.25) is 0 Å². The van der Waals surface area contributed by atoms with E-state index in [1.807, 2.05) is 0 Å². The molecule has 3 heteroatoms. The largest absolute Gasteiger partial charge is 0.335 e. The molecule has 0 aromatic carbocycles. The van der Waals surface area contributed by atoms with Gasteiger partial charge in [0.1, 0.15) is 11.2 Å². The summed E-state index contributed by atoms with van der Waals surface area (Å²) in [5.41, 5.74) is -0.356. The van der Waals surface area contributed by atoms with Gasteiger partial charge in [-0.25, -0.2) is 0 Å². The van der Waals surface area contributed by atoms with Crippen LogP contribution in [0.25, 0.3) is 0 Å². The minimum Gasteiger partial charge on any atom is -0.335 e. The predicted molar refractivity (Wildman–Crippen MR) is 71.7 cm³/mol. The van der Waals surface area contributed by atoms with E-state index in [9.17, 15) is 0 Å². The fourth-order valence-corrected chi connectivity index (χ4v) is 5.07. The normalized spacial score (nSPS) is 47.1. The maximum absolute atomic E-state index is 6.63. The molecule has 4 aliphatic rings. The van der Waals surface area contributed by atoms with Gasteiger partial charge in [0.05, 0.1) is 0 Å². The van der Waals surface area contributed by atoms with Crippen molar-refractivity contribution in [1.29, 1.82) is 0 Å². The van der Waals surface area contributed by atoms with Gasteiger partial charge in [0.25, 0.3) is 0 Å². The van der Waals surface area contributed by atoms with Gasteiger partial charge in [-0.2, -0.15) is 0 Å². The Balaban J connectivity index is 1.69. The lowest BCUT2D eigenvalue weighted by Gasteiger charge is -2.52. The molecule has 2 spiro atoms. The van der Waals surface area contributed by atoms with E-state index >= 15 is 0 Å². The zero-order valence-corrected chi connectivity index (χ0v) is 12.3. The topological polar surface area (TPSA) is 27.7 Å². The average molecular weight is 266 g/mol. The summed E-state index contributed by atoms with van der Waals surface area (Å²) < 4.78 is 19.6. The summed E-state index contributed by atoms with van der Waals surface area (Å²) in [5, 5.41) is 0. The molecule has 0 N–H and O–H groups in total. The summed E-state index contributed by atoms with van der Waals surface area (Å²) in [6.07, 6.45) is 12.0. The lowest BCUT2D eigenvalue weighted by molar-refractivity contribution is -0.316. The van der Waals surface area contributed by atoms with E-state index in [1.54, 1.807) is 0 Å². The highest BCUT2D eigenvalue weighted by atomic mass is 16.9. The second-order valence-electron chi connectivity index (χ2n) is 7.31. The first-order chi connectivity index (χ1) is 9.04. The van der Waals surface area contributed by atoms with Crippen molar-refractivity contribution >= 4 is 0 Å². The first-order valence-electron chi connectivity index (χ1n) is 8.14. The Morgan fingerprint density at radius 3 is 1.21 bits per heavy atom. The maximum Gasteiger partial charge on any atom is 0.198 e. The molecule has 19 heavy (non-hydrogen) atoms. The van der Waals surface area contributed by atoms with Crippen LogP contribution in [-0.2, 0) is 14.2 Å². The standard InChI is InChI=1S/C16H26O3/c1-13-15(9-5-3-6-10-15)19-14(2,17-13)16(18-13)11-7-4-8-12-16/h3-12H2,1-2H3. The summed E-state index contributed by atoms with van der Waals surface area (Å²) in [6, 6.07) is 0. The third-order valence-corrected chi connectivity index (χ3v) is 6.15. The SMILES string of the molecule is CC12OC3(CCCCC3)C(C)(OC13CCCCC3)O2. The van der Waals surface area contributed by atoms with Crippen LogP contribution in [0, 0.1) is 0 Å². The van der Waals surface area contributed by atoms with Crippen molar-refractivity contribution in [3.05, 3.63) is 0 Å². The highest BCUT2D eigenvalue weighted by molar-refractivity contribution is 5.15. The van der Waals surface area contributed by atoms with Crippen molar-refractivity contribution in [2.24, 2.45) is 0 Å². The minimum absolute atomic E-state index is 0.178. The molecule has 2 saturated heterocycles. The molecule has 3 nitrogen and oxygen atoms in total. The first kappa shape index (κ1) is 12.6. The van der Waals surface area contributed by atoms with Crippen LogP contribution in [0.5, 0.6) is 0 Å². The Bertz CT molecular complexity index is 345. The average Bonchev–Trinajstić information content (AvgIpc) is 2.72. The van der Waals surface area contributed by atoms with Gasteiger partial charge in [-0.05, 0) is 39.5 Å². The molecule has 2 aliphatic carbocycles. The molecule has 2 atom stereocenters. The van der Waals surface area contributed by atoms with E-state index in [-0.39, 0.29) is 11.2 Å². The molecule has 0 aromatic rings. The van der Waals surface area contributed by atoms with E-state index < -0.39 is 11.6 Å². The number of fused-ring (bicyclic) bond motifs is 4. The summed E-state index contributed by atoms with van der Waals surface area (Å²) in [5.74, 6) is -1.03. The van der Waals surface area contributed by atoms with Crippen LogP contribution in [0.4, 0.5) is 0 Å². The Morgan fingerprint density at radius 1 is 0.526 bits per heavy atom. The monoisotopic (exact) mass is 266 g/mol. The smallest absolute Gasteiger partial charge is 0.198 e. The van der Waals surface area contributed by atoms with Crippen molar-refractivity contribution in [2.75, 3.05) is 0 Å². The predicted octanol–water partition coefficient (Wildman–Crippen LogP) is 3.90. The van der Waals surface area contributed by atoms with Crippen LogP contribution in [0.2, 0.25) is 0 Å². The lowest BCUT2D eigenvalue weighted by Crippen LogP contribution is -2.63. The molecule has 4 rings (SSSR count). The lowest BCUT2D eigenvalue weighted by atomic mass is 9.75. The number of hydrogen-bond acceptors (Lipinski definition) is 3. The molecule has 2 aliphatic heterocycles. The van der Waals surface area contributed by atoms with Crippen molar-refractivity contribution in [2.45, 2.75) is 101 Å². The zero-order chi connectivity index (χ0) is 13.2. The highest BCUT2D eigenvalue weighted by Gasteiger charge is 2.77. The van der Waals surface area contributed by atoms with Gasteiger partial charge < -0.3 is 14.2 Å². The summed E-state index contributed by atoms with van der Waals surface area (Å²) in [4.78, 5) is 0. The molecule has 4 fully saturated rings. The maximum atomic E-state index is 6.63. The Kier molecular flexibility index (Phi) is 2.49. The van der Waals surface area contributed by atoms with Crippen LogP contribution in [-0.4, -0.2) is 22.8 Å². The van der Waals surface area contributed by atoms with E-state index in [1.165, 1.54) is 38.5 Å². The molecule has 108 valence electrons. The van der Waals surface area contributed by atoms with Crippen molar-refractivity contribution in [3.8, 4) is 0 Å². The molecule has 2 unspecified atom stereocenters. The highest BCUT2D eigenvalue weighted by Crippen LogP contribution is 2.65. The summed E-state index contributed by atoms with van der Waals surface area (Å²) in [6.45, 7) is 4.26. The number of hydrogen-bond donors (Lipinski definition) is 0. The van der Waals surface area contributed by atoms with Crippen LogP contribution < -0.4 is 0 Å². The van der Waals surface area contributed by atoms with E-state index in [0.29, 0.717) is 0 Å². The van der Waals surface area contributed by atoms with Gasteiger partial charge in [-0.3, -0.25) is 0 Å². The molecule has 0 aromatic heterocycles. The van der Waals surface area contributed by atoms with E-state index in [4.69, 9.17) is 14.2 Å². The van der Waals surface area contributed by atoms with Crippen LogP contribution in [0.3, 0.4) is 0 Å². The fraction of sp³-hybridized carbons (Fsp3) is 1.00. The van der Waals surface area contributed by atoms with Crippen molar-refractivity contribution in [3.63, 3.8) is 0 Å². The summed E-state index contributed by atoms with van der Waals surface area (Å²) in [7, 11) is 0. The Labute approximate surface area is 116 Å². The summed E-state index contributed by atoms with van der Waals surface area (Å²) >= 11 is 0. The molecule has 2 heterocycles.